The van der Waals surface area contributed by atoms with Crippen LogP contribution in [0, 0.1) is 0 Å². The first-order chi connectivity index (χ1) is 10.5. The van der Waals surface area contributed by atoms with Crippen LogP contribution in [0.1, 0.15) is 49.9 Å². The molecule has 2 amide bonds. The number of nitrogens with zero attached hydrogens (tertiary/aromatic N) is 4. The van der Waals surface area contributed by atoms with Crippen molar-refractivity contribution in [3.05, 3.63) is 24.0 Å². The molecule has 22 heavy (non-hydrogen) atoms. The Hall–Kier alpha value is -1.98. The van der Waals surface area contributed by atoms with Crippen LogP contribution < -0.4 is 0 Å². The Kier molecular flexibility index (Phi) is 3.85. The van der Waals surface area contributed by atoms with E-state index in [9.17, 15) is 9.59 Å². The van der Waals surface area contributed by atoms with Gasteiger partial charge in [-0.15, -0.1) is 0 Å². The molecule has 0 aliphatic carbocycles. The summed E-state index contributed by atoms with van der Waals surface area (Å²) >= 11 is 0. The van der Waals surface area contributed by atoms with Crippen LogP contribution in [-0.4, -0.2) is 56.5 Å². The number of aromatic nitrogens is 2. The summed E-state index contributed by atoms with van der Waals surface area (Å²) in [4.78, 5) is 28.7. The smallest absolute Gasteiger partial charge is 0.255 e. The molecule has 2 atom stereocenters. The second-order valence-electron chi connectivity index (χ2n) is 6.42. The zero-order valence-electron chi connectivity index (χ0n) is 13.2. The van der Waals surface area contributed by atoms with Crippen LogP contribution in [-0.2, 0) is 4.79 Å². The molecular formula is C16H22N4O2. The van der Waals surface area contributed by atoms with E-state index in [0.29, 0.717) is 5.56 Å². The van der Waals surface area contributed by atoms with Gasteiger partial charge in [0.15, 0.2) is 0 Å². The van der Waals surface area contributed by atoms with Crippen LogP contribution in [0.4, 0.5) is 0 Å². The monoisotopic (exact) mass is 302 g/mol. The number of carbonyl (C=O) groups is 2. The predicted molar refractivity (Wildman–Crippen MR) is 81.1 cm³/mol. The molecule has 0 aromatic carbocycles. The third-order valence-electron chi connectivity index (χ3n) is 5.12. The third kappa shape index (κ3) is 2.36. The summed E-state index contributed by atoms with van der Waals surface area (Å²) < 4.78 is 0. The summed E-state index contributed by atoms with van der Waals surface area (Å²) in [5, 5.41) is 7.53. The Labute approximate surface area is 130 Å². The second kappa shape index (κ2) is 5.66. The van der Waals surface area contributed by atoms with Crippen molar-refractivity contribution in [3.8, 4) is 0 Å². The third-order valence-corrected chi connectivity index (χ3v) is 5.12. The number of amides is 2. The molecule has 1 aromatic heterocycles. The van der Waals surface area contributed by atoms with Gasteiger partial charge in [-0.1, -0.05) is 0 Å². The van der Waals surface area contributed by atoms with Crippen LogP contribution in [0.3, 0.4) is 0 Å². The zero-order chi connectivity index (χ0) is 15.7. The van der Waals surface area contributed by atoms with Crippen molar-refractivity contribution in [1.29, 1.82) is 0 Å². The minimum absolute atomic E-state index is 0.00349. The largest absolute Gasteiger partial charge is 0.335 e. The van der Waals surface area contributed by atoms with Gasteiger partial charge in [0.05, 0.1) is 29.5 Å². The first kappa shape index (κ1) is 14.9. The Bertz CT molecular complexity index is 577. The Balaban J connectivity index is 1.90. The average Bonchev–Trinajstić information content (AvgIpc) is 2.53. The maximum absolute atomic E-state index is 12.8. The van der Waals surface area contributed by atoms with E-state index >= 15 is 0 Å². The van der Waals surface area contributed by atoms with E-state index < -0.39 is 0 Å². The minimum atomic E-state index is -0.252. The molecule has 2 aliphatic rings. The zero-order valence-corrected chi connectivity index (χ0v) is 13.2. The van der Waals surface area contributed by atoms with Crippen LogP contribution in [0.15, 0.2) is 18.5 Å². The summed E-state index contributed by atoms with van der Waals surface area (Å²) in [7, 11) is 0. The maximum Gasteiger partial charge on any atom is 0.255 e. The van der Waals surface area contributed by atoms with Crippen molar-refractivity contribution in [3.63, 3.8) is 0 Å². The van der Waals surface area contributed by atoms with Crippen LogP contribution in [0.2, 0.25) is 0 Å². The van der Waals surface area contributed by atoms with Gasteiger partial charge in [-0.2, -0.15) is 10.2 Å². The van der Waals surface area contributed by atoms with Gasteiger partial charge in [0, 0.05) is 20.0 Å². The topological polar surface area (TPSA) is 66.4 Å². The summed E-state index contributed by atoms with van der Waals surface area (Å²) in [6.45, 7) is 5.29. The molecule has 118 valence electrons. The molecule has 2 aliphatic heterocycles. The highest BCUT2D eigenvalue weighted by molar-refractivity contribution is 5.94. The molecule has 0 N–H and O–H groups in total. The number of likely N-dealkylation sites (tertiary alicyclic amines) is 2. The van der Waals surface area contributed by atoms with Crippen LogP contribution >= 0.6 is 0 Å². The second-order valence-corrected chi connectivity index (χ2v) is 6.42. The fourth-order valence-electron chi connectivity index (χ4n) is 4.09. The number of rotatable bonds is 1. The summed E-state index contributed by atoms with van der Waals surface area (Å²) in [6, 6.07) is 1.78. The van der Waals surface area contributed by atoms with Crippen molar-refractivity contribution in [2.75, 3.05) is 13.1 Å². The van der Waals surface area contributed by atoms with E-state index in [2.05, 4.69) is 17.1 Å². The Morgan fingerprint density at radius 3 is 2.77 bits per heavy atom. The number of hydrogen-bond donors (Lipinski definition) is 0. The lowest BCUT2D eigenvalue weighted by Crippen LogP contribution is -2.67. The van der Waals surface area contributed by atoms with Crippen molar-refractivity contribution in [1.82, 2.24) is 20.0 Å². The summed E-state index contributed by atoms with van der Waals surface area (Å²) in [5.41, 5.74) is 0.317. The number of carbonyl (C=O) groups excluding carboxylic acids is 2. The number of fused-ring (bicyclic) bond motifs is 1. The highest BCUT2D eigenvalue weighted by atomic mass is 16.2. The highest BCUT2D eigenvalue weighted by Crippen LogP contribution is 2.39. The first-order valence-corrected chi connectivity index (χ1v) is 7.90. The molecule has 2 fully saturated rings. The highest BCUT2D eigenvalue weighted by Gasteiger charge is 2.49. The van der Waals surface area contributed by atoms with Gasteiger partial charge in [-0.3, -0.25) is 9.59 Å². The van der Waals surface area contributed by atoms with Crippen molar-refractivity contribution < 1.29 is 9.59 Å². The molecule has 0 spiro atoms. The predicted octanol–water partition coefficient (Wildman–Crippen LogP) is 1.48. The van der Waals surface area contributed by atoms with Gasteiger partial charge in [-0.25, -0.2) is 0 Å². The Morgan fingerprint density at radius 2 is 2.09 bits per heavy atom. The van der Waals surface area contributed by atoms with E-state index in [-0.39, 0.29) is 23.4 Å². The van der Waals surface area contributed by atoms with E-state index in [1.807, 2.05) is 9.80 Å². The summed E-state index contributed by atoms with van der Waals surface area (Å²) in [5.74, 6) is 0.100. The van der Waals surface area contributed by atoms with Gasteiger partial charge < -0.3 is 9.80 Å². The van der Waals surface area contributed by atoms with Crippen LogP contribution in [0.25, 0.3) is 0 Å². The maximum atomic E-state index is 12.8. The molecule has 3 rings (SSSR count). The van der Waals surface area contributed by atoms with E-state index in [1.54, 1.807) is 19.2 Å². The van der Waals surface area contributed by atoms with Crippen molar-refractivity contribution in [2.45, 2.75) is 51.1 Å². The van der Waals surface area contributed by atoms with E-state index in [4.69, 9.17) is 0 Å². The minimum Gasteiger partial charge on any atom is -0.335 e. The Morgan fingerprint density at radius 1 is 1.27 bits per heavy atom. The molecule has 0 bridgehead atoms. The molecule has 2 saturated heterocycles. The van der Waals surface area contributed by atoms with Gasteiger partial charge in [0.2, 0.25) is 5.91 Å². The lowest BCUT2D eigenvalue weighted by molar-refractivity contribution is -0.143. The molecule has 0 radical (unpaired) electrons. The molecule has 6 nitrogen and oxygen atoms in total. The first-order valence-electron chi connectivity index (χ1n) is 7.90. The van der Waals surface area contributed by atoms with E-state index in [0.717, 1.165) is 38.8 Å². The SMILES string of the molecule is CC(=O)N1CCC[C@@H]2N(C(=O)c3ccnnc3)CCC[C@@]21C. The van der Waals surface area contributed by atoms with Gasteiger partial charge in [0.1, 0.15) is 0 Å². The van der Waals surface area contributed by atoms with Crippen molar-refractivity contribution >= 4 is 11.8 Å². The molecule has 3 heterocycles. The fourth-order valence-corrected chi connectivity index (χ4v) is 4.09. The average molecular weight is 302 g/mol. The lowest BCUT2D eigenvalue weighted by Gasteiger charge is -2.56. The molecule has 0 saturated carbocycles. The van der Waals surface area contributed by atoms with Gasteiger partial charge in [0.25, 0.3) is 5.91 Å². The lowest BCUT2D eigenvalue weighted by atomic mass is 9.76. The van der Waals surface area contributed by atoms with Crippen molar-refractivity contribution in [2.24, 2.45) is 0 Å². The summed E-state index contributed by atoms with van der Waals surface area (Å²) in [6.07, 6.45) is 6.82. The molecule has 0 unspecified atom stereocenters. The quantitative estimate of drug-likeness (QED) is 0.788. The molecule has 6 heteroatoms. The standard InChI is InChI=1S/C16H22N4O2/c1-12(21)20-10-3-5-14-16(20,2)7-4-9-19(14)15(22)13-6-8-17-18-11-13/h6,8,11,14H,3-5,7,9-10H2,1-2H3/t14-,16-/m0/s1. The number of hydrogen-bond acceptors (Lipinski definition) is 4. The molecule has 1 aromatic rings. The normalized spacial score (nSPS) is 28.2. The van der Waals surface area contributed by atoms with Gasteiger partial charge in [-0.05, 0) is 38.7 Å². The number of piperidine rings is 2. The van der Waals surface area contributed by atoms with Crippen LogP contribution in [0.5, 0.6) is 0 Å². The fraction of sp³-hybridized carbons (Fsp3) is 0.625. The van der Waals surface area contributed by atoms with E-state index in [1.165, 1.54) is 6.20 Å². The van der Waals surface area contributed by atoms with Gasteiger partial charge >= 0.3 is 0 Å². The molecular weight excluding hydrogens is 280 g/mol.